The van der Waals surface area contributed by atoms with Crippen LogP contribution in [-0.2, 0) is 9.53 Å². The minimum atomic E-state index is -4.30. The third-order valence-electron chi connectivity index (χ3n) is 1.53. The molecule has 0 amide bonds. The van der Waals surface area contributed by atoms with E-state index in [1.54, 1.807) is 0 Å². The van der Waals surface area contributed by atoms with Crippen molar-refractivity contribution in [2.45, 2.75) is 19.0 Å². The molecule has 0 aromatic carbocycles. The van der Waals surface area contributed by atoms with Gasteiger partial charge in [-0.25, -0.2) is 0 Å². The van der Waals surface area contributed by atoms with E-state index in [2.05, 4.69) is 4.74 Å². The van der Waals surface area contributed by atoms with Gasteiger partial charge in [-0.1, -0.05) is 0 Å². The summed E-state index contributed by atoms with van der Waals surface area (Å²) in [5, 5.41) is 8.56. The van der Waals surface area contributed by atoms with Gasteiger partial charge in [0, 0.05) is 6.42 Å². The summed E-state index contributed by atoms with van der Waals surface area (Å²) in [6.45, 7) is -0.622. The Kier molecular flexibility index (Phi) is 4.76. The second-order valence-electron chi connectivity index (χ2n) is 2.56. The lowest BCUT2D eigenvalue weighted by Crippen LogP contribution is -2.22. The highest BCUT2D eigenvalue weighted by Gasteiger charge is 2.30. The molecule has 0 rings (SSSR count). The number of carbonyl (C=O) groups excluding carboxylic acids is 1. The van der Waals surface area contributed by atoms with Gasteiger partial charge in [-0.3, -0.25) is 4.79 Å². The minimum Gasteiger partial charge on any atom is -0.469 e. The van der Waals surface area contributed by atoms with Crippen LogP contribution in [-0.4, -0.2) is 31.0 Å². The van der Waals surface area contributed by atoms with Gasteiger partial charge in [0.15, 0.2) is 0 Å². The van der Waals surface area contributed by atoms with E-state index in [0.717, 1.165) is 7.11 Å². The zero-order valence-electron chi connectivity index (χ0n) is 7.10. The Labute approximate surface area is 73.5 Å². The van der Waals surface area contributed by atoms with Crippen molar-refractivity contribution in [3.63, 3.8) is 0 Å². The number of carbonyl (C=O) groups is 1. The monoisotopic (exact) mass is 200 g/mol. The molecule has 1 N–H and O–H groups in total. The maximum absolute atomic E-state index is 11.7. The van der Waals surface area contributed by atoms with Crippen molar-refractivity contribution in [3.8, 4) is 0 Å². The quantitative estimate of drug-likeness (QED) is 0.691. The van der Waals surface area contributed by atoms with Gasteiger partial charge in [-0.05, 0) is 6.42 Å². The first-order valence-corrected chi connectivity index (χ1v) is 3.66. The van der Waals surface area contributed by atoms with Gasteiger partial charge in [-0.15, -0.1) is 0 Å². The predicted octanol–water partition coefficient (Wildman–Crippen LogP) is 1.11. The number of alkyl halides is 3. The number of aliphatic hydroxyl groups is 1. The number of rotatable bonds is 4. The lowest BCUT2D eigenvalue weighted by atomic mass is 10.0. The number of ether oxygens (including phenoxy) is 1. The van der Waals surface area contributed by atoms with Crippen molar-refractivity contribution in [1.29, 1.82) is 0 Å². The Morgan fingerprint density at radius 1 is 1.54 bits per heavy atom. The second-order valence-corrected chi connectivity index (χ2v) is 2.56. The summed E-state index contributed by atoms with van der Waals surface area (Å²) in [6.07, 6.45) is -5.83. The number of hydrogen-bond donors (Lipinski definition) is 1. The van der Waals surface area contributed by atoms with Gasteiger partial charge in [0.1, 0.15) is 0 Å². The molecule has 0 saturated carbocycles. The summed E-state index contributed by atoms with van der Waals surface area (Å²) in [4.78, 5) is 10.7. The highest BCUT2D eigenvalue weighted by Crippen LogP contribution is 2.24. The Bertz CT molecular complexity index is 167. The average molecular weight is 200 g/mol. The molecule has 6 heteroatoms. The third-order valence-corrected chi connectivity index (χ3v) is 1.53. The molecular formula is C7H11F3O3. The Morgan fingerprint density at radius 3 is 2.38 bits per heavy atom. The van der Waals surface area contributed by atoms with E-state index in [1.807, 2.05) is 0 Å². The van der Waals surface area contributed by atoms with Crippen LogP contribution in [0.15, 0.2) is 0 Å². The van der Waals surface area contributed by atoms with Crippen LogP contribution < -0.4 is 0 Å². The summed E-state index contributed by atoms with van der Waals surface area (Å²) >= 11 is 0. The second kappa shape index (κ2) is 5.06. The summed E-state index contributed by atoms with van der Waals surface area (Å²) in [5.74, 6) is -1.89. The predicted molar refractivity (Wildman–Crippen MR) is 37.9 cm³/mol. The van der Waals surface area contributed by atoms with Crippen molar-refractivity contribution in [2.24, 2.45) is 5.92 Å². The fourth-order valence-electron chi connectivity index (χ4n) is 0.788. The molecule has 3 nitrogen and oxygen atoms in total. The summed E-state index contributed by atoms with van der Waals surface area (Å²) in [7, 11) is 1.07. The number of aliphatic hydroxyl groups excluding tert-OH is 1. The molecule has 0 heterocycles. The van der Waals surface area contributed by atoms with Crippen molar-refractivity contribution in [3.05, 3.63) is 0 Å². The van der Waals surface area contributed by atoms with E-state index in [4.69, 9.17) is 5.11 Å². The smallest absolute Gasteiger partial charge is 0.389 e. The number of halogens is 3. The average Bonchev–Trinajstić information content (AvgIpc) is 2.03. The molecule has 0 saturated heterocycles. The van der Waals surface area contributed by atoms with Gasteiger partial charge in [0.05, 0.1) is 19.6 Å². The lowest BCUT2D eigenvalue weighted by molar-refractivity contribution is -0.153. The topological polar surface area (TPSA) is 46.5 Å². The Hall–Kier alpha value is -0.780. The molecule has 1 atom stereocenters. The SMILES string of the molecule is COC(=O)C(CO)CCC(F)(F)F. The lowest BCUT2D eigenvalue weighted by Gasteiger charge is -2.12. The fraction of sp³-hybridized carbons (Fsp3) is 0.857. The molecule has 0 spiro atoms. The fourth-order valence-corrected chi connectivity index (χ4v) is 0.788. The third kappa shape index (κ3) is 5.46. The molecule has 1 unspecified atom stereocenters. The first kappa shape index (κ1) is 12.2. The first-order chi connectivity index (χ1) is 5.90. The molecule has 0 radical (unpaired) electrons. The summed E-state index contributed by atoms with van der Waals surface area (Å²) < 4.78 is 39.3. The zero-order chi connectivity index (χ0) is 10.5. The van der Waals surface area contributed by atoms with Gasteiger partial charge >= 0.3 is 12.1 Å². The van der Waals surface area contributed by atoms with Gasteiger partial charge in [0.2, 0.25) is 0 Å². The largest absolute Gasteiger partial charge is 0.469 e. The highest BCUT2D eigenvalue weighted by atomic mass is 19.4. The first-order valence-electron chi connectivity index (χ1n) is 3.66. The van der Waals surface area contributed by atoms with Crippen molar-refractivity contribution >= 4 is 5.97 Å². The molecular weight excluding hydrogens is 189 g/mol. The molecule has 0 fully saturated rings. The van der Waals surface area contributed by atoms with Crippen LogP contribution in [0.3, 0.4) is 0 Å². The van der Waals surface area contributed by atoms with E-state index in [9.17, 15) is 18.0 Å². The molecule has 0 aliphatic heterocycles. The van der Waals surface area contributed by atoms with E-state index in [1.165, 1.54) is 0 Å². The van der Waals surface area contributed by atoms with Crippen LogP contribution in [0, 0.1) is 5.92 Å². The van der Waals surface area contributed by atoms with Crippen LogP contribution in [0.1, 0.15) is 12.8 Å². The van der Waals surface area contributed by atoms with Crippen LogP contribution in [0.4, 0.5) is 13.2 Å². The number of methoxy groups -OCH3 is 1. The van der Waals surface area contributed by atoms with E-state index >= 15 is 0 Å². The minimum absolute atomic E-state index is 0.438. The molecule has 78 valence electrons. The van der Waals surface area contributed by atoms with Crippen LogP contribution >= 0.6 is 0 Å². The van der Waals surface area contributed by atoms with Gasteiger partial charge < -0.3 is 9.84 Å². The van der Waals surface area contributed by atoms with Gasteiger partial charge in [0.25, 0.3) is 0 Å². The maximum atomic E-state index is 11.7. The van der Waals surface area contributed by atoms with Gasteiger partial charge in [-0.2, -0.15) is 13.2 Å². The summed E-state index contributed by atoms with van der Waals surface area (Å²) in [6, 6.07) is 0. The Morgan fingerprint density at radius 2 is 2.08 bits per heavy atom. The zero-order valence-corrected chi connectivity index (χ0v) is 7.10. The van der Waals surface area contributed by atoms with E-state index < -0.39 is 37.5 Å². The molecule has 13 heavy (non-hydrogen) atoms. The molecule has 0 aliphatic rings. The summed E-state index contributed by atoms with van der Waals surface area (Å²) in [5.41, 5.74) is 0. The Balaban J connectivity index is 3.93. The van der Waals surface area contributed by atoms with Crippen LogP contribution in [0.5, 0.6) is 0 Å². The van der Waals surface area contributed by atoms with Crippen molar-refractivity contribution < 1.29 is 27.8 Å². The number of hydrogen-bond acceptors (Lipinski definition) is 3. The molecule has 0 aromatic rings. The van der Waals surface area contributed by atoms with Crippen LogP contribution in [0.2, 0.25) is 0 Å². The molecule has 0 aliphatic carbocycles. The van der Waals surface area contributed by atoms with Crippen molar-refractivity contribution in [2.75, 3.05) is 13.7 Å². The molecule has 0 aromatic heterocycles. The highest BCUT2D eigenvalue weighted by molar-refractivity contribution is 5.72. The van der Waals surface area contributed by atoms with E-state index in [-0.39, 0.29) is 0 Å². The molecule has 0 bridgehead atoms. The van der Waals surface area contributed by atoms with E-state index in [0.29, 0.717) is 0 Å². The normalized spacial score (nSPS) is 13.9. The maximum Gasteiger partial charge on any atom is 0.389 e. The van der Waals surface area contributed by atoms with Crippen molar-refractivity contribution in [1.82, 2.24) is 0 Å². The number of esters is 1. The standard InChI is InChI=1S/C7H11F3O3/c1-13-6(12)5(4-11)2-3-7(8,9)10/h5,11H,2-4H2,1H3. The van der Waals surface area contributed by atoms with Crippen LogP contribution in [0.25, 0.3) is 0 Å².